The predicted molar refractivity (Wildman–Crippen MR) is 68.4 cm³/mol. The van der Waals surface area contributed by atoms with Crippen LogP contribution in [0.15, 0.2) is 22.7 Å². The largest absolute Gasteiger partial charge is 0.480 e. The lowest BCUT2D eigenvalue weighted by Crippen LogP contribution is -2.43. The molecule has 20 heavy (non-hydrogen) atoms. The van der Waals surface area contributed by atoms with Gasteiger partial charge >= 0.3 is 12.1 Å². The lowest BCUT2D eigenvalue weighted by Gasteiger charge is -2.17. The lowest BCUT2D eigenvalue weighted by molar-refractivity contribution is -0.157. The van der Waals surface area contributed by atoms with Gasteiger partial charge in [0, 0.05) is 10.0 Å². The van der Waals surface area contributed by atoms with E-state index >= 15 is 0 Å². The number of benzene rings is 1. The van der Waals surface area contributed by atoms with Gasteiger partial charge in [-0.2, -0.15) is 13.2 Å². The Kier molecular flexibility index (Phi) is 5.15. The molecule has 4 nitrogen and oxygen atoms in total. The molecule has 1 aromatic rings. The molecule has 0 bridgehead atoms. The summed E-state index contributed by atoms with van der Waals surface area (Å²) >= 11 is 3.13. The third-order valence-corrected chi connectivity index (χ3v) is 2.98. The zero-order valence-electron chi connectivity index (χ0n) is 10.3. The van der Waals surface area contributed by atoms with E-state index in [0.717, 1.165) is 0 Å². The molecule has 110 valence electrons. The summed E-state index contributed by atoms with van der Waals surface area (Å²) in [6.07, 6.45) is -6.30. The van der Waals surface area contributed by atoms with Crippen molar-refractivity contribution in [1.29, 1.82) is 0 Å². The third-order valence-electron chi connectivity index (χ3n) is 2.48. The van der Waals surface area contributed by atoms with E-state index in [2.05, 4.69) is 15.9 Å². The minimum Gasteiger partial charge on any atom is -0.480 e. The van der Waals surface area contributed by atoms with Gasteiger partial charge in [0.15, 0.2) is 0 Å². The number of amides is 1. The summed E-state index contributed by atoms with van der Waals surface area (Å²) in [5, 5.41) is 10.6. The van der Waals surface area contributed by atoms with Crippen LogP contribution in [0.4, 0.5) is 13.2 Å². The molecule has 0 aliphatic rings. The fourth-order valence-electron chi connectivity index (χ4n) is 1.51. The number of aryl methyl sites for hydroxylation is 1. The van der Waals surface area contributed by atoms with E-state index in [1.165, 1.54) is 6.07 Å². The fourth-order valence-corrected chi connectivity index (χ4v) is 1.87. The molecule has 1 amide bonds. The highest BCUT2D eigenvalue weighted by Gasteiger charge is 2.36. The number of hydrogen-bond donors (Lipinski definition) is 2. The SMILES string of the molecule is Cc1ccc(Br)cc1C(=O)NC(CC(F)(F)F)C(=O)O. The Morgan fingerprint density at radius 3 is 2.50 bits per heavy atom. The van der Waals surface area contributed by atoms with Crippen molar-refractivity contribution < 1.29 is 27.9 Å². The highest BCUT2D eigenvalue weighted by Crippen LogP contribution is 2.22. The molecule has 0 aliphatic heterocycles. The second-order valence-corrected chi connectivity index (χ2v) is 5.06. The number of carboxylic acids is 1. The van der Waals surface area contributed by atoms with E-state index in [1.54, 1.807) is 19.1 Å². The van der Waals surface area contributed by atoms with E-state index in [1.807, 2.05) is 5.32 Å². The highest BCUT2D eigenvalue weighted by molar-refractivity contribution is 9.10. The first-order valence-corrected chi connectivity index (χ1v) is 6.26. The summed E-state index contributed by atoms with van der Waals surface area (Å²) in [7, 11) is 0. The van der Waals surface area contributed by atoms with Crippen molar-refractivity contribution >= 4 is 27.8 Å². The molecule has 0 radical (unpaired) electrons. The standard InChI is InChI=1S/C12H11BrF3NO3/c1-6-2-3-7(13)4-8(6)10(18)17-9(11(19)20)5-12(14,15)16/h2-4,9H,5H2,1H3,(H,17,18)(H,19,20). The average molecular weight is 354 g/mol. The Balaban J connectivity index is 2.91. The number of carbonyl (C=O) groups excluding carboxylic acids is 1. The maximum atomic E-state index is 12.2. The molecule has 2 N–H and O–H groups in total. The quantitative estimate of drug-likeness (QED) is 0.874. The molecule has 0 heterocycles. The van der Waals surface area contributed by atoms with Gasteiger partial charge in [-0.15, -0.1) is 0 Å². The van der Waals surface area contributed by atoms with E-state index in [9.17, 15) is 22.8 Å². The maximum Gasteiger partial charge on any atom is 0.391 e. The Bertz CT molecular complexity index is 531. The first-order valence-electron chi connectivity index (χ1n) is 5.46. The average Bonchev–Trinajstić information content (AvgIpc) is 2.29. The number of carbonyl (C=O) groups is 2. The van der Waals surface area contributed by atoms with Gasteiger partial charge in [0.1, 0.15) is 6.04 Å². The smallest absolute Gasteiger partial charge is 0.391 e. The number of nitrogens with one attached hydrogen (secondary N) is 1. The van der Waals surface area contributed by atoms with Crippen molar-refractivity contribution in [2.24, 2.45) is 0 Å². The molecular formula is C12H11BrF3NO3. The van der Waals surface area contributed by atoms with Gasteiger partial charge in [-0.25, -0.2) is 4.79 Å². The summed E-state index contributed by atoms with van der Waals surface area (Å²) in [6, 6.07) is 2.66. The van der Waals surface area contributed by atoms with Crippen LogP contribution < -0.4 is 5.32 Å². The molecule has 1 unspecified atom stereocenters. The number of carboxylic acid groups (broad SMARTS) is 1. The molecule has 0 aromatic heterocycles. The predicted octanol–water partition coefficient (Wildman–Crippen LogP) is 2.89. The highest BCUT2D eigenvalue weighted by atomic mass is 79.9. The fraction of sp³-hybridized carbons (Fsp3) is 0.333. The van der Waals surface area contributed by atoms with Crippen LogP contribution >= 0.6 is 15.9 Å². The third kappa shape index (κ3) is 4.84. The summed E-state index contributed by atoms with van der Waals surface area (Å²) in [5.74, 6) is -2.59. The van der Waals surface area contributed by atoms with Gasteiger partial charge in [0.2, 0.25) is 0 Å². The van der Waals surface area contributed by atoms with Crippen LogP contribution in [0.25, 0.3) is 0 Å². The van der Waals surface area contributed by atoms with E-state index in [4.69, 9.17) is 5.11 Å². The Morgan fingerprint density at radius 1 is 1.40 bits per heavy atom. The lowest BCUT2D eigenvalue weighted by atomic mass is 10.1. The van der Waals surface area contributed by atoms with Crippen molar-refractivity contribution in [2.45, 2.75) is 25.6 Å². The summed E-state index contributed by atoms with van der Waals surface area (Å²) in [4.78, 5) is 22.6. The normalized spacial score (nSPS) is 12.8. The number of alkyl halides is 3. The van der Waals surface area contributed by atoms with Crippen LogP contribution in [-0.2, 0) is 4.79 Å². The van der Waals surface area contributed by atoms with Crippen LogP contribution in [0.2, 0.25) is 0 Å². The van der Waals surface area contributed by atoms with Gasteiger partial charge in [0.05, 0.1) is 6.42 Å². The van der Waals surface area contributed by atoms with Gasteiger partial charge in [0.25, 0.3) is 5.91 Å². The first-order chi connectivity index (χ1) is 9.10. The molecule has 0 saturated heterocycles. The monoisotopic (exact) mass is 353 g/mol. The molecular weight excluding hydrogens is 343 g/mol. The van der Waals surface area contributed by atoms with Gasteiger partial charge < -0.3 is 10.4 Å². The second kappa shape index (κ2) is 6.25. The van der Waals surface area contributed by atoms with Crippen molar-refractivity contribution in [3.8, 4) is 0 Å². The van der Waals surface area contributed by atoms with Gasteiger partial charge in [-0.1, -0.05) is 22.0 Å². The second-order valence-electron chi connectivity index (χ2n) is 4.14. The first kappa shape index (κ1) is 16.5. The summed E-state index contributed by atoms with van der Waals surface area (Å²) in [6.45, 7) is 1.60. The zero-order chi connectivity index (χ0) is 15.5. The van der Waals surface area contributed by atoms with Crippen LogP contribution in [-0.4, -0.2) is 29.2 Å². The number of halogens is 4. The molecule has 1 rings (SSSR count). The molecule has 8 heteroatoms. The van der Waals surface area contributed by atoms with Crippen molar-refractivity contribution in [2.75, 3.05) is 0 Å². The summed E-state index contributed by atoms with van der Waals surface area (Å²) < 4.78 is 37.3. The molecule has 1 aromatic carbocycles. The molecule has 1 atom stereocenters. The Morgan fingerprint density at radius 2 is 2.00 bits per heavy atom. The summed E-state index contributed by atoms with van der Waals surface area (Å²) in [5.41, 5.74) is 0.648. The van der Waals surface area contributed by atoms with Gasteiger partial charge in [-0.05, 0) is 24.6 Å². The van der Waals surface area contributed by atoms with Crippen LogP contribution in [0.3, 0.4) is 0 Å². The van der Waals surface area contributed by atoms with Crippen LogP contribution in [0.1, 0.15) is 22.3 Å². The molecule has 0 saturated carbocycles. The minimum absolute atomic E-state index is 0.118. The van der Waals surface area contributed by atoms with E-state index < -0.39 is 30.5 Å². The Labute approximate surface area is 121 Å². The topological polar surface area (TPSA) is 66.4 Å². The van der Waals surface area contributed by atoms with Crippen molar-refractivity contribution in [3.05, 3.63) is 33.8 Å². The van der Waals surface area contributed by atoms with Gasteiger partial charge in [-0.3, -0.25) is 4.79 Å². The van der Waals surface area contributed by atoms with Crippen LogP contribution in [0.5, 0.6) is 0 Å². The maximum absolute atomic E-state index is 12.2. The minimum atomic E-state index is -4.68. The molecule has 0 aliphatic carbocycles. The number of hydrogen-bond acceptors (Lipinski definition) is 2. The van der Waals surface area contributed by atoms with E-state index in [-0.39, 0.29) is 5.56 Å². The Hall–Kier alpha value is -1.57. The van der Waals surface area contributed by atoms with Crippen molar-refractivity contribution in [1.82, 2.24) is 5.32 Å². The molecule has 0 fully saturated rings. The van der Waals surface area contributed by atoms with Crippen LogP contribution in [0, 0.1) is 6.92 Å². The van der Waals surface area contributed by atoms with E-state index in [0.29, 0.717) is 10.0 Å². The number of aliphatic carboxylic acids is 1. The molecule has 0 spiro atoms. The number of rotatable bonds is 4. The van der Waals surface area contributed by atoms with Crippen molar-refractivity contribution in [3.63, 3.8) is 0 Å². The zero-order valence-corrected chi connectivity index (χ0v) is 11.9.